The molecule has 0 aromatic carbocycles. The van der Waals surface area contributed by atoms with Crippen LogP contribution in [0.3, 0.4) is 0 Å². The number of ether oxygens (including phenoxy) is 3. The fourth-order valence-electron chi connectivity index (χ4n) is 4.90. The van der Waals surface area contributed by atoms with Crippen LogP contribution < -0.4 is 9.64 Å². The highest BCUT2D eigenvalue weighted by Gasteiger charge is 2.27. The van der Waals surface area contributed by atoms with Gasteiger partial charge in [-0.25, -0.2) is 9.97 Å². The van der Waals surface area contributed by atoms with E-state index in [0.29, 0.717) is 36.8 Å². The zero-order valence-electron chi connectivity index (χ0n) is 23.3. The lowest BCUT2D eigenvalue weighted by molar-refractivity contribution is -0.221. The zero-order chi connectivity index (χ0) is 26.6. The quantitative estimate of drug-likeness (QED) is 0.433. The third-order valence-electron chi connectivity index (χ3n) is 6.55. The van der Waals surface area contributed by atoms with Crippen LogP contribution >= 0.6 is 0 Å². The van der Waals surface area contributed by atoms with Gasteiger partial charge in [0.2, 0.25) is 0 Å². The van der Waals surface area contributed by atoms with E-state index in [-0.39, 0.29) is 17.5 Å². The van der Waals surface area contributed by atoms with Crippen LogP contribution in [0.5, 0.6) is 5.75 Å². The summed E-state index contributed by atoms with van der Waals surface area (Å²) in [4.78, 5) is 28.9. The molecule has 1 aliphatic carbocycles. The molecule has 1 unspecified atom stereocenters. The van der Waals surface area contributed by atoms with Crippen molar-refractivity contribution in [3.8, 4) is 17.3 Å². The number of carbonyl (C=O) groups is 1. The Kier molecular flexibility index (Phi) is 8.49. The highest BCUT2D eigenvalue weighted by molar-refractivity contribution is 5.84. The third-order valence-corrected chi connectivity index (χ3v) is 6.55. The van der Waals surface area contributed by atoms with Crippen molar-refractivity contribution in [2.45, 2.75) is 91.5 Å². The molecule has 2 aromatic heterocycles. The van der Waals surface area contributed by atoms with Crippen molar-refractivity contribution in [1.82, 2.24) is 15.0 Å². The van der Waals surface area contributed by atoms with Crippen molar-refractivity contribution in [2.24, 2.45) is 5.41 Å². The number of rotatable bonds is 10. The van der Waals surface area contributed by atoms with Gasteiger partial charge < -0.3 is 19.1 Å². The Morgan fingerprint density at radius 1 is 1.14 bits per heavy atom. The Labute approximate surface area is 221 Å². The molecule has 0 bridgehead atoms. The summed E-state index contributed by atoms with van der Waals surface area (Å²) in [5, 5.41) is 0. The highest BCUT2D eigenvalue weighted by Crippen LogP contribution is 2.32. The minimum atomic E-state index is -0.495. The molecule has 0 spiro atoms. The number of likely N-dealkylation sites (N-methyl/N-ethyl adjacent to an activating group) is 1. The van der Waals surface area contributed by atoms with Gasteiger partial charge in [0.15, 0.2) is 17.9 Å². The second-order valence-corrected chi connectivity index (χ2v) is 12.1. The molecule has 8 heteroatoms. The predicted octanol–water partition coefficient (Wildman–Crippen LogP) is 5.17. The molecule has 0 amide bonds. The SMILES string of the molecule is CN(CC(=O)CC(C)(C)C)c1nc(-c2cc(OCC(C)(C)OC3CCCCO3)ccn2)nc2c1CCC2. The molecular weight excluding hydrogens is 468 g/mol. The zero-order valence-corrected chi connectivity index (χ0v) is 23.3. The Bertz CT molecular complexity index is 1090. The number of fused-ring (bicyclic) bond motifs is 1. The first-order valence-corrected chi connectivity index (χ1v) is 13.5. The van der Waals surface area contributed by atoms with E-state index < -0.39 is 5.60 Å². The summed E-state index contributed by atoms with van der Waals surface area (Å²) in [5.41, 5.74) is 2.31. The van der Waals surface area contributed by atoms with E-state index in [1.54, 1.807) is 6.20 Å². The second-order valence-electron chi connectivity index (χ2n) is 12.1. The number of nitrogens with zero attached hydrogens (tertiary/aromatic N) is 4. The third kappa shape index (κ3) is 7.71. The summed E-state index contributed by atoms with van der Waals surface area (Å²) in [6.45, 7) is 11.7. The van der Waals surface area contributed by atoms with Crippen LogP contribution in [0.1, 0.15) is 78.0 Å². The molecule has 1 aliphatic heterocycles. The maximum absolute atomic E-state index is 12.7. The lowest BCUT2D eigenvalue weighted by atomic mass is 9.90. The number of ketones is 1. The van der Waals surface area contributed by atoms with Gasteiger partial charge in [-0.3, -0.25) is 9.78 Å². The second kappa shape index (κ2) is 11.4. The molecular formula is C29H42N4O4. The van der Waals surface area contributed by atoms with Crippen LogP contribution in [-0.2, 0) is 27.1 Å². The van der Waals surface area contributed by atoms with Crippen molar-refractivity contribution in [2.75, 3.05) is 31.7 Å². The molecule has 202 valence electrons. The number of anilines is 1. The van der Waals surface area contributed by atoms with Gasteiger partial charge in [0.25, 0.3) is 0 Å². The van der Waals surface area contributed by atoms with Crippen LogP contribution in [-0.4, -0.2) is 59.4 Å². The average Bonchev–Trinajstić information content (AvgIpc) is 3.30. The Hall–Kier alpha value is -2.58. The number of hydrogen-bond donors (Lipinski definition) is 0. The van der Waals surface area contributed by atoms with E-state index in [0.717, 1.165) is 62.2 Å². The van der Waals surface area contributed by atoms with Gasteiger partial charge in [-0.2, -0.15) is 0 Å². The van der Waals surface area contributed by atoms with E-state index >= 15 is 0 Å². The number of Topliss-reactive ketones (excluding diaryl/α,β-unsaturated/α-hetero) is 1. The van der Waals surface area contributed by atoms with Gasteiger partial charge in [0, 0.05) is 43.6 Å². The van der Waals surface area contributed by atoms with E-state index in [4.69, 9.17) is 24.2 Å². The van der Waals surface area contributed by atoms with Crippen molar-refractivity contribution < 1.29 is 19.0 Å². The molecule has 3 heterocycles. The van der Waals surface area contributed by atoms with Crippen LogP contribution in [0.15, 0.2) is 18.3 Å². The first-order valence-electron chi connectivity index (χ1n) is 13.5. The molecule has 1 saturated heterocycles. The molecule has 2 aliphatic rings. The number of pyridine rings is 1. The Morgan fingerprint density at radius 2 is 1.95 bits per heavy atom. The van der Waals surface area contributed by atoms with E-state index in [1.807, 2.05) is 37.9 Å². The first-order chi connectivity index (χ1) is 17.5. The molecule has 37 heavy (non-hydrogen) atoms. The van der Waals surface area contributed by atoms with Crippen LogP contribution in [0.2, 0.25) is 0 Å². The van der Waals surface area contributed by atoms with Gasteiger partial charge >= 0.3 is 0 Å². The molecule has 8 nitrogen and oxygen atoms in total. The normalized spacial score (nSPS) is 17.9. The largest absolute Gasteiger partial charge is 0.490 e. The monoisotopic (exact) mass is 510 g/mol. The minimum absolute atomic E-state index is 0.0376. The van der Waals surface area contributed by atoms with Crippen LogP contribution in [0.25, 0.3) is 11.5 Å². The molecule has 2 aromatic rings. The smallest absolute Gasteiger partial charge is 0.180 e. The topological polar surface area (TPSA) is 86.7 Å². The summed E-state index contributed by atoms with van der Waals surface area (Å²) >= 11 is 0. The summed E-state index contributed by atoms with van der Waals surface area (Å²) in [6, 6.07) is 3.71. The Morgan fingerprint density at radius 3 is 2.68 bits per heavy atom. The standard InChI is InChI=1S/C29H42N4O4/c1-28(2,3)17-20(34)18-33(6)27-22-10-9-11-23(22)31-26(32-27)24-16-21(13-14-30-24)36-19-29(4,5)37-25-12-7-8-15-35-25/h13-14,16,25H,7-12,15,17-19H2,1-6H3. The summed E-state index contributed by atoms with van der Waals surface area (Å²) < 4.78 is 18.0. The predicted molar refractivity (Wildman–Crippen MR) is 144 cm³/mol. The molecule has 0 N–H and O–H groups in total. The van der Waals surface area contributed by atoms with E-state index in [2.05, 4.69) is 25.8 Å². The van der Waals surface area contributed by atoms with Crippen LogP contribution in [0.4, 0.5) is 5.82 Å². The van der Waals surface area contributed by atoms with Gasteiger partial charge in [-0.15, -0.1) is 0 Å². The van der Waals surface area contributed by atoms with E-state index in [1.165, 1.54) is 0 Å². The number of aromatic nitrogens is 3. The molecule has 1 fully saturated rings. The van der Waals surface area contributed by atoms with Gasteiger partial charge in [0.05, 0.1) is 12.1 Å². The molecule has 0 saturated carbocycles. The molecule has 1 atom stereocenters. The van der Waals surface area contributed by atoms with Crippen molar-refractivity contribution >= 4 is 11.6 Å². The van der Waals surface area contributed by atoms with Crippen molar-refractivity contribution in [3.05, 3.63) is 29.6 Å². The van der Waals surface area contributed by atoms with Gasteiger partial charge in [-0.1, -0.05) is 20.8 Å². The van der Waals surface area contributed by atoms with E-state index in [9.17, 15) is 4.79 Å². The van der Waals surface area contributed by atoms with Crippen LogP contribution in [0, 0.1) is 5.41 Å². The number of hydrogen-bond acceptors (Lipinski definition) is 8. The summed E-state index contributed by atoms with van der Waals surface area (Å²) in [7, 11) is 1.94. The Balaban J connectivity index is 1.48. The maximum atomic E-state index is 12.7. The highest BCUT2D eigenvalue weighted by atomic mass is 16.7. The fraction of sp³-hybridized carbons (Fsp3) is 0.655. The van der Waals surface area contributed by atoms with Gasteiger partial charge in [0.1, 0.15) is 23.9 Å². The average molecular weight is 511 g/mol. The summed E-state index contributed by atoms with van der Waals surface area (Å²) in [6.07, 6.45) is 8.08. The fourth-order valence-corrected chi connectivity index (χ4v) is 4.90. The number of carbonyl (C=O) groups excluding carboxylic acids is 1. The first kappa shape index (κ1) is 27.5. The lowest BCUT2D eigenvalue weighted by Gasteiger charge is -2.32. The maximum Gasteiger partial charge on any atom is 0.180 e. The van der Waals surface area contributed by atoms with Crippen molar-refractivity contribution in [1.29, 1.82) is 0 Å². The summed E-state index contributed by atoms with van der Waals surface area (Å²) in [5.74, 6) is 2.28. The molecule has 0 radical (unpaired) electrons. The number of aryl methyl sites for hydroxylation is 1. The van der Waals surface area contributed by atoms with Gasteiger partial charge in [-0.05, 0) is 63.9 Å². The van der Waals surface area contributed by atoms with Crippen molar-refractivity contribution in [3.63, 3.8) is 0 Å². The minimum Gasteiger partial charge on any atom is -0.490 e. The molecule has 4 rings (SSSR count). The lowest BCUT2D eigenvalue weighted by Crippen LogP contribution is -2.38.